The van der Waals surface area contributed by atoms with Crippen molar-refractivity contribution in [3.8, 4) is 0 Å². The number of alkyl halides is 3. The first-order valence-corrected chi connectivity index (χ1v) is 6.01. The number of ether oxygens (including phenoxy) is 1. The highest BCUT2D eigenvalue weighted by molar-refractivity contribution is 6.53. The van der Waals surface area contributed by atoms with E-state index < -0.39 is 16.4 Å². The van der Waals surface area contributed by atoms with E-state index in [0.29, 0.717) is 6.42 Å². The largest absolute Gasteiger partial charge is 0.444 e. The van der Waals surface area contributed by atoms with Crippen molar-refractivity contribution in [2.75, 3.05) is 0 Å². The van der Waals surface area contributed by atoms with Gasteiger partial charge in [0.1, 0.15) is 0 Å². The van der Waals surface area contributed by atoms with Crippen LogP contribution in [0.15, 0.2) is 0 Å². The topological polar surface area (TPSA) is 26.3 Å². The van der Waals surface area contributed by atoms with Crippen LogP contribution in [0.1, 0.15) is 39.0 Å². The van der Waals surface area contributed by atoms with E-state index >= 15 is 0 Å². The Morgan fingerprint density at radius 2 is 1.86 bits per heavy atom. The van der Waals surface area contributed by atoms with Crippen LogP contribution >= 0.6 is 34.8 Å². The summed E-state index contributed by atoms with van der Waals surface area (Å²) in [6, 6.07) is 0. The molecule has 0 spiro atoms. The number of hydrogen-bond acceptors (Lipinski definition) is 2. The predicted octanol–water partition coefficient (Wildman–Crippen LogP) is 3.87. The molecule has 14 heavy (non-hydrogen) atoms. The molecule has 0 fully saturated rings. The molecular formula is C9H15Cl3O2. The van der Waals surface area contributed by atoms with Gasteiger partial charge in [0.15, 0.2) is 5.56 Å². The minimum atomic E-state index is -1.15. The summed E-state index contributed by atoms with van der Waals surface area (Å²) in [7, 11) is 0. The number of halogens is 3. The molecule has 2 nitrogen and oxygen atoms in total. The third-order valence-electron chi connectivity index (χ3n) is 1.71. The maximum Gasteiger partial charge on any atom is 0.340 e. The first-order chi connectivity index (χ1) is 6.57. The Bertz CT molecular complexity index is 162. The summed E-state index contributed by atoms with van der Waals surface area (Å²) in [6.45, 7) is 2.13. The molecule has 0 bridgehead atoms. The second kappa shape index (κ2) is 8.63. The van der Waals surface area contributed by atoms with Gasteiger partial charge in [-0.25, -0.2) is 4.79 Å². The quantitative estimate of drug-likeness (QED) is 0.395. The summed E-state index contributed by atoms with van der Waals surface area (Å²) in [5.41, 5.74) is -0.612. The smallest absolute Gasteiger partial charge is 0.340 e. The molecule has 0 aromatic carbocycles. The maximum absolute atomic E-state index is 10.9. The first kappa shape index (κ1) is 14.3. The van der Waals surface area contributed by atoms with E-state index in [-0.39, 0.29) is 0 Å². The highest BCUT2D eigenvalue weighted by Gasteiger charge is 2.17. The average molecular weight is 262 g/mol. The zero-order valence-corrected chi connectivity index (χ0v) is 10.4. The SMILES string of the molecule is CCCCCCC(Cl)OC(=O)C(Cl)Cl. The standard InChI is InChI=1S/C9H15Cl3O2/c1-2-3-4-5-6-7(10)14-9(13)8(11)12/h7-8H,2-6H2,1H3. The molecule has 0 saturated carbocycles. The minimum absolute atomic E-state index is 0.612. The second-order valence-electron chi connectivity index (χ2n) is 3.00. The Morgan fingerprint density at radius 3 is 2.36 bits per heavy atom. The van der Waals surface area contributed by atoms with Gasteiger partial charge in [0, 0.05) is 0 Å². The van der Waals surface area contributed by atoms with Crippen LogP contribution in [0.25, 0.3) is 0 Å². The summed E-state index contributed by atoms with van der Waals surface area (Å²) >= 11 is 16.3. The Morgan fingerprint density at radius 1 is 1.21 bits per heavy atom. The molecule has 5 heteroatoms. The lowest BCUT2D eigenvalue weighted by Gasteiger charge is -2.11. The van der Waals surface area contributed by atoms with E-state index in [1.54, 1.807) is 0 Å². The van der Waals surface area contributed by atoms with Crippen LogP contribution in [0.4, 0.5) is 0 Å². The number of carbonyl (C=O) groups excluding carboxylic acids is 1. The van der Waals surface area contributed by atoms with Crippen LogP contribution in [-0.2, 0) is 9.53 Å². The molecule has 84 valence electrons. The third-order valence-corrected chi connectivity index (χ3v) is 2.37. The monoisotopic (exact) mass is 260 g/mol. The van der Waals surface area contributed by atoms with Gasteiger partial charge >= 0.3 is 5.97 Å². The van der Waals surface area contributed by atoms with Gasteiger partial charge in [0.2, 0.25) is 4.84 Å². The molecule has 0 aliphatic rings. The number of unbranched alkanes of at least 4 members (excludes halogenated alkanes) is 3. The fourth-order valence-corrected chi connectivity index (χ4v) is 1.31. The van der Waals surface area contributed by atoms with Crippen LogP contribution in [0.5, 0.6) is 0 Å². The first-order valence-electron chi connectivity index (χ1n) is 4.70. The lowest BCUT2D eigenvalue weighted by Crippen LogP contribution is -2.17. The number of esters is 1. The molecule has 0 rings (SSSR count). The van der Waals surface area contributed by atoms with Crippen LogP contribution in [0.3, 0.4) is 0 Å². The van der Waals surface area contributed by atoms with E-state index in [0.717, 1.165) is 19.3 Å². The normalized spacial score (nSPS) is 12.9. The molecular weight excluding hydrogens is 246 g/mol. The van der Waals surface area contributed by atoms with Crippen molar-refractivity contribution in [3.63, 3.8) is 0 Å². The molecule has 1 unspecified atom stereocenters. The lowest BCUT2D eigenvalue weighted by molar-refractivity contribution is -0.143. The van der Waals surface area contributed by atoms with E-state index in [2.05, 4.69) is 6.92 Å². The third kappa shape index (κ3) is 7.72. The van der Waals surface area contributed by atoms with E-state index in [9.17, 15) is 4.79 Å². The van der Waals surface area contributed by atoms with Crippen LogP contribution in [0.2, 0.25) is 0 Å². The molecule has 0 aliphatic heterocycles. The van der Waals surface area contributed by atoms with Crippen molar-refractivity contribution >= 4 is 40.8 Å². The van der Waals surface area contributed by atoms with E-state index in [1.165, 1.54) is 6.42 Å². The average Bonchev–Trinajstić information content (AvgIpc) is 2.12. The Hall–Kier alpha value is 0.340. The highest BCUT2D eigenvalue weighted by atomic mass is 35.5. The Kier molecular flexibility index (Phi) is 8.84. The predicted molar refractivity (Wildman–Crippen MR) is 60.0 cm³/mol. The summed E-state index contributed by atoms with van der Waals surface area (Å²) in [5, 5.41) is 0. The molecule has 0 amide bonds. The van der Waals surface area contributed by atoms with E-state index in [4.69, 9.17) is 39.5 Å². The molecule has 0 aromatic heterocycles. The van der Waals surface area contributed by atoms with Gasteiger partial charge in [-0.2, -0.15) is 0 Å². The van der Waals surface area contributed by atoms with Crippen molar-refractivity contribution in [1.29, 1.82) is 0 Å². The fraction of sp³-hybridized carbons (Fsp3) is 0.889. The number of carbonyl (C=O) groups is 1. The molecule has 0 aromatic rings. The minimum Gasteiger partial charge on any atom is -0.444 e. The van der Waals surface area contributed by atoms with Crippen LogP contribution < -0.4 is 0 Å². The van der Waals surface area contributed by atoms with Crippen molar-refractivity contribution < 1.29 is 9.53 Å². The van der Waals surface area contributed by atoms with Gasteiger partial charge in [0.25, 0.3) is 0 Å². The van der Waals surface area contributed by atoms with Gasteiger partial charge in [-0.3, -0.25) is 0 Å². The molecule has 1 atom stereocenters. The molecule has 0 heterocycles. The maximum atomic E-state index is 10.9. The zero-order chi connectivity index (χ0) is 11.0. The van der Waals surface area contributed by atoms with Gasteiger partial charge in [0.05, 0.1) is 0 Å². The van der Waals surface area contributed by atoms with Gasteiger partial charge in [-0.1, -0.05) is 61.0 Å². The second-order valence-corrected chi connectivity index (χ2v) is 4.58. The molecule has 0 aliphatic carbocycles. The van der Waals surface area contributed by atoms with Crippen molar-refractivity contribution in [3.05, 3.63) is 0 Å². The molecule has 0 radical (unpaired) electrons. The van der Waals surface area contributed by atoms with Crippen molar-refractivity contribution in [1.82, 2.24) is 0 Å². The molecule has 0 N–H and O–H groups in total. The number of hydrogen-bond donors (Lipinski definition) is 0. The van der Waals surface area contributed by atoms with Crippen LogP contribution in [-0.4, -0.2) is 16.4 Å². The lowest BCUT2D eigenvalue weighted by atomic mass is 10.2. The summed E-state index contributed by atoms with van der Waals surface area (Å²) in [6.07, 6.45) is 5.03. The Balaban J connectivity index is 3.45. The summed E-state index contributed by atoms with van der Waals surface area (Å²) in [5.74, 6) is -0.677. The van der Waals surface area contributed by atoms with Gasteiger partial charge in [-0.05, 0) is 12.8 Å². The van der Waals surface area contributed by atoms with Crippen molar-refractivity contribution in [2.45, 2.75) is 49.4 Å². The van der Waals surface area contributed by atoms with Gasteiger partial charge in [-0.15, -0.1) is 0 Å². The van der Waals surface area contributed by atoms with Crippen LogP contribution in [0, 0.1) is 0 Å². The number of rotatable bonds is 7. The molecule has 0 saturated heterocycles. The van der Waals surface area contributed by atoms with E-state index in [1.807, 2.05) is 0 Å². The van der Waals surface area contributed by atoms with Gasteiger partial charge < -0.3 is 4.74 Å². The summed E-state index contributed by atoms with van der Waals surface area (Å²) in [4.78, 5) is 9.73. The zero-order valence-electron chi connectivity index (χ0n) is 8.14. The van der Waals surface area contributed by atoms with Crippen molar-refractivity contribution in [2.24, 2.45) is 0 Å². The summed E-state index contributed by atoms with van der Waals surface area (Å²) < 4.78 is 4.75. The fourth-order valence-electron chi connectivity index (χ4n) is 0.968. The highest BCUT2D eigenvalue weighted by Crippen LogP contribution is 2.14. The Labute approximate surface area is 99.8 Å².